The molecule has 0 bridgehead atoms. The number of hydrogen-bond acceptors (Lipinski definition) is 1. The van der Waals surface area contributed by atoms with Gasteiger partial charge in [0.25, 0.3) is 0 Å². The van der Waals surface area contributed by atoms with Crippen molar-refractivity contribution in [2.45, 2.75) is 40.5 Å². The van der Waals surface area contributed by atoms with Gasteiger partial charge in [-0.3, -0.25) is 0 Å². The molecule has 1 rings (SSSR count). The molecule has 0 aromatic carbocycles. The summed E-state index contributed by atoms with van der Waals surface area (Å²) in [6.45, 7) is 10.4. The van der Waals surface area contributed by atoms with Crippen molar-refractivity contribution in [1.29, 1.82) is 0 Å². The molecule has 70 valence electrons. The lowest BCUT2D eigenvalue weighted by atomic mass is 9.78. The van der Waals surface area contributed by atoms with Crippen LogP contribution in [0, 0.1) is 10.8 Å². The first-order valence-electron chi connectivity index (χ1n) is 4.82. The maximum absolute atomic E-state index is 3.35. The molecule has 0 aromatic rings. The number of nitrogens with one attached hydrogen (secondary N) is 1. The Hall–Kier alpha value is -0.460. The van der Waals surface area contributed by atoms with Crippen LogP contribution in [0.1, 0.15) is 40.5 Å². The highest BCUT2D eigenvalue weighted by Gasteiger charge is 2.23. The summed E-state index contributed by atoms with van der Waals surface area (Å²) in [6.07, 6.45) is 6.98. The quantitative estimate of drug-likeness (QED) is 0.585. The van der Waals surface area contributed by atoms with E-state index in [4.69, 9.17) is 0 Å². The second-order valence-electron chi connectivity index (χ2n) is 5.37. The summed E-state index contributed by atoms with van der Waals surface area (Å²) in [5.41, 5.74) is 0.812. The molecule has 0 amide bonds. The molecule has 1 heteroatoms. The highest BCUT2D eigenvalue weighted by molar-refractivity contribution is 4.97. The standard InChI is InChI=1S/C11H21N/c1-10(2)5-6-11(3,4)9-12-8-7-10/h7-8,12H,5-6,9H2,1-4H3/b8-7-. The Morgan fingerprint density at radius 1 is 1.08 bits per heavy atom. The molecule has 0 radical (unpaired) electrons. The van der Waals surface area contributed by atoms with Gasteiger partial charge in [0.1, 0.15) is 0 Å². The molecule has 1 N–H and O–H groups in total. The average Bonchev–Trinajstić information content (AvgIpc) is 1.94. The zero-order chi connectivity index (χ0) is 9.24. The predicted molar refractivity (Wildman–Crippen MR) is 53.9 cm³/mol. The Kier molecular flexibility index (Phi) is 2.50. The van der Waals surface area contributed by atoms with Crippen LogP contribution in [0.3, 0.4) is 0 Å². The molecule has 0 saturated heterocycles. The molecule has 1 heterocycles. The molecular formula is C11H21N. The fourth-order valence-electron chi connectivity index (χ4n) is 1.45. The Morgan fingerprint density at radius 2 is 1.75 bits per heavy atom. The minimum atomic E-state index is 0.366. The van der Waals surface area contributed by atoms with Gasteiger partial charge in [0.2, 0.25) is 0 Å². The van der Waals surface area contributed by atoms with E-state index < -0.39 is 0 Å². The van der Waals surface area contributed by atoms with E-state index in [1.807, 2.05) is 0 Å². The maximum atomic E-state index is 3.35. The van der Waals surface area contributed by atoms with Gasteiger partial charge in [-0.05, 0) is 29.9 Å². The summed E-state index contributed by atoms with van der Waals surface area (Å²) < 4.78 is 0. The second kappa shape index (κ2) is 3.12. The van der Waals surface area contributed by atoms with Crippen LogP contribution < -0.4 is 5.32 Å². The molecule has 12 heavy (non-hydrogen) atoms. The molecule has 0 aromatic heterocycles. The van der Waals surface area contributed by atoms with Crippen molar-refractivity contribution in [3.05, 3.63) is 12.3 Å². The van der Waals surface area contributed by atoms with E-state index >= 15 is 0 Å². The van der Waals surface area contributed by atoms with E-state index in [0.29, 0.717) is 10.8 Å². The molecule has 0 spiro atoms. The Morgan fingerprint density at radius 3 is 2.42 bits per heavy atom. The van der Waals surface area contributed by atoms with Crippen molar-refractivity contribution >= 4 is 0 Å². The van der Waals surface area contributed by atoms with E-state index in [0.717, 1.165) is 6.54 Å². The van der Waals surface area contributed by atoms with E-state index in [1.165, 1.54) is 12.8 Å². The zero-order valence-electron chi connectivity index (χ0n) is 8.78. The van der Waals surface area contributed by atoms with Crippen LogP contribution in [0.5, 0.6) is 0 Å². The van der Waals surface area contributed by atoms with Crippen molar-refractivity contribution < 1.29 is 0 Å². The Bertz CT molecular complexity index is 177. The van der Waals surface area contributed by atoms with Crippen molar-refractivity contribution in [2.24, 2.45) is 10.8 Å². The highest BCUT2D eigenvalue weighted by Crippen LogP contribution is 2.32. The van der Waals surface area contributed by atoms with Crippen molar-refractivity contribution in [2.75, 3.05) is 6.54 Å². The highest BCUT2D eigenvalue weighted by atomic mass is 14.8. The smallest absolute Gasteiger partial charge is 0.0192 e. The van der Waals surface area contributed by atoms with Gasteiger partial charge < -0.3 is 5.32 Å². The summed E-state index contributed by atoms with van der Waals surface area (Å²) >= 11 is 0. The van der Waals surface area contributed by atoms with Gasteiger partial charge >= 0.3 is 0 Å². The van der Waals surface area contributed by atoms with Crippen molar-refractivity contribution in [3.63, 3.8) is 0 Å². The van der Waals surface area contributed by atoms with Gasteiger partial charge in [0, 0.05) is 6.54 Å². The van der Waals surface area contributed by atoms with Crippen LogP contribution in [-0.4, -0.2) is 6.54 Å². The fraction of sp³-hybridized carbons (Fsp3) is 0.818. The van der Waals surface area contributed by atoms with E-state index in [1.54, 1.807) is 0 Å². The number of rotatable bonds is 0. The second-order valence-corrected chi connectivity index (χ2v) is 5.37. The van der Waals surface area contributed by atoms with Gasteiger partial charge in [0.05, 0.1) is 0 Å². The summed E-state index contributed by atoms with van der Waals surface area (Å²) in [6, 6.07) is 0. The lowest BCUT2D eigenvalue weighted by molar-refractivity contribution is 0.262. The Balaban J connectivity index is 2.64. The summed E-state index contributed by atoms with van der Waals surface area (Å²) in [5, 5.41) is 3.35. The van der Waals surface area contributed by atoms with Crippen LogP contribution in [-0.2, 0) is 0 Å². The first kappa shape index (κ1) is 9.63. The topological polar surface area (TPSA) is 12.0 Å². The van der Waals surface area contributed by atoms with Crippen molar-refractivity contribution in [1.82, 2.24) is 5.32 Å². The van der Waals surface area contributed by atoms with Crippen LogP contribution >= 0.6 is 0 Å². The monoisotopic (exact) mass is 167 g/mol. The molecular weight excluding hydrogens is 146 g/mol. The van der Waals surface area contributed by atoms with Crippen LogP contribution in [0.25, 0.3) is 0 Å². The number of allylic oxidation sites excluding steroid dienone is 1. The lowest BCUT2D eigenvalue weighted by Gasteiger charge is -2.32. The van der Waals surface area contributed by atoms with E-state index in [-0.39, 0.29) is 0 Å². The van der Waals surface area contributed by atoms with E-state index in [9.17, 15) is 0 Å². The molecule has 0 fully saturated rings. The fourth-order valence-corrected chi connectivity index (χ4v) is 1.45. The van der Waals surface area contributed by atoms with Crippen molar-refractivity contribution in [3.8, 4) is 0 Å². The molecule has 0 atom stereocenters. The number of hydrogen-bond donors (Lipinski definition) is 1. The Labute approximate surface area is 76.2 Å². The largest absolute Gasteiger partial charge is 0.391 e. The molecule has 0 saturated carbocycles. The van der Waals surface area contributed by atoms with Gasteiger partial charge in [-0.25, -0.2) is 0 Å². The van der Waals surface area contributed by atoms with Gasteiger partial charge in [-0.15, -0.1) is 0 Å². The third-order valence-electron chi connectivity index (χ3n) is 2.68. The van der Waals surface area contributed by atoms with Gasteiger partial charge in [-0.1, -0.05) is 33.8 Å². The van der Waals surface area contributed by atoms with Crippen LogP contribution in [0.2, 0.25) is 0 Å². The summed E-state index contributed by atoms with van der Waals surface area (Å²) in [5.74, 6) is 0. The lowest BCUT2D eigenvalue weighted by Crippen LogP contribution is -2.30. The maximum Gasteiger partial charge on any atom is 0.0192 e. The summed E-state index contributed by atoms with van der Waals surface area (Å²) in [4.78, 5) is 0. The zero-order valence-corrected chi connectivity index (χ0v) is 8.78. The minimum absolute atomic E-state index is 0.366. The first-order valence-corrected chi connectivity index (χ1v) is 4.82. The third-order valence-corrected chi connectivity index (χ3v) is 2.68. The molecule has 0 unspecified atom stereocenters. The predicted octanol–water partition coefficient (Wildman–Crippen LogP) is 2.94. The minimum Gasteiger partial charge on any atom is -0.391 e. The molecule has 0 aliphatic carbocycles. The summed E-state index contributed by atoms with van der Waals surface area (Å²) in [7, 11) is 0. The van der Waals surface area contributed by atoms with Crippen LogP contribution in [0.4, 0.5) is 0 Å². The molecule has 1 aliphatic rings. The van der Waals surface area contributed by atoms with Gasteiger partial charge in [0.15, 0.2) is 0 Å². The first-order chi connectivity index (χ1) is 5.41. The average molecular weight is 167 g/mol. The normalized spacial score (nSPS) is 29.7. The van der Waals surface area contributed by atoms with Crippen LogP contribution in [0.15, 0.2) is 12.3 Å². The molecule has 1 nitrogen and oxygen atoms in total. The van der Waals surface area contributed by atoms with E-state index in [2.05, 4.69) is 45.3 Å². The van der Waals surface area contributed by atoms with Gasteiger partial charge in [-0.2, -0.15) is 0 Å². The SMILES string of the molecule is CC1(C)/C=C\NCC(C)(C)CC1. The third kappa shape index (κ3) is 2.88. The molecule has 1 aliphatic heterocycles.